The topological polar surface area (TPSA) is 60.2 Å². The highest BCUT2D eigenvalue weighted by Crippen LogP contribution is 2.24. The highest BCUT2D eigenvalue weighted by atomic mass is 16.5. The molecule has 1 atom stereocenters. The Hall–Kier alpha value is -1.88. The predicted octanol–water partition coefficient (Wildman–Crippen LogP) is 1.70. The molecule has 1 aliphatic heterocycles. The molecule has 0 bridgehead atoms. The maximum absolute atomic E-state index is 9.87. The molecule has 2 heterocycles. The summed E-state index contributed by atoms with van der Waals surface area (Å²) in [6, 6.07) is 7.94. The van der Waals surface area contributed by atoms with Crippen LogP contribution in [-0.4, -0.2) is 27.0 Å². The molecule has 0 saturated carbocycles. The second-order valence-electron chi connectivity index (χ2n) is 4.81. The number of fused-ring (bicyclic) bond motifs is 1. The molecule has 0 fully saturated rings. The van der Waals surface area contributed by atoms with Crippen molar-refractivity contribution < 1.29 is 9.84 Å². The molecular weight excluding hydrogens is 242 g/mol. The van der Waals surface area contributed by atoms with Crippen LogP contribution in [0.2, 0.25) is 0 Å². The Kier molecular flexibility index (Phi) is 3.21. The number of aliphatic hydroxyl groups is 1. The third-order valence-corrected chi connectivity index (χ3v) is 3.53. The van der Waals surface area contributed by atoms with Crippen molar-refractivity contribution in [1.82, 2.24) is 14.8 Å². The first-order chi connectivity index (χ1) is 9.28. The number of hydrogen-bond donors (Lipinski definition) is 1. The van der Waals surface area contributed by atoms with Gasteiger partial charge in [-0.1, -0.05) is 12.1 Å². The summed E-state index contributed by atoms with van der Waals surface area (Å²) in [4.78, 5) is 0. The molecule has 0 spiro atoms. The smallest absolute Gasteiger partial charge is 0.161 e. The van der Waals surface area contributed by atoms with Gasteiger partial charge in [0.1, 0.15) is 17.7 Å². The molecular formula is C14H17N3O2. The van der Waals surface area contributed by atoms with Gasteiger partial charge in [-0.25, -0.2) is 0 Å². The summed E-state index contributed by atoms with van der Waals surface area (Å²) in [5, 5.41) is 18.2. The molecule has 19 heavy (non-hydrogen) atoms. The molecule has 1 aliphatic rings. The van der Waals surface area contributed by atoms with Crippen molar-refractivity contribution in [2.75, 3.05) is 7.11 Å². The molecule has 2 aromatic rings. The fourth-order valence-electron chi connectivity index (χ4n) is 2.47. The van der Waals surface area contributed by atoms with Gasteiger partial charge >= 0.3 is 0 Å². The van der Waals surface area contributed by atoms with E-state index in [4.69, 9.17) is 4.74 Å². The van der Waals surface area contributed by atoms with E-state index in [1.165, 1.54) is 0 Å². The second-order valence-corrected chi connectivity index (χ2v) is 4.81. The molecule has 5 nitrogen and oxygen atoms in total. The fourth-order valence-corrected chi connectivity index (χ4v) is 2.47. The van der Waals surface area contributed by atoms with Gasteiger partial charge in [0.2, 0.25) is 0 Å². The van der Waals surface area contributed by atoms with Gasteiger partial charge in [-0.2, -0.15) is 0 Å². The Morgan fingerprint density at radius 2 is 2.11 bits per heavy atom. The number of nitrogens with zero attached hydrogens (tertiary/aromatic N) is 3. The Morgan fingerprint density at radius 1 is 1.32 bits per heavy atom. The molecule has 1 N–H and O–H groups in total. The zero-order valence-corrected chi connectivity index (χ0v) is 10.9. The van der Waals surface area contributed by atoms with Crippen LogP contribution in [0.15, 0.2) is 24.3 Å². The molecule has 1 aromatic carbocycles. The van der Waals surface area contributed by atoms with Crippen LogP contribution in [-0.2, 0) is 13.0 Å². The summed E-state index contributed by atoms with van der Waals surface area (Å²) >= 11 is 0. The van der Waals surface area contributed by atoms with E-state index in [9.17, 15) is 5.11 Å². The van der Waals surface area contributed by atoms with Gasteiger partial charge in [0.25, 0.3) is 0 Å². The minimum atomic E-state index is -0.467. The highest BCUT2D eigenvalue weighted by molar-refractivity contribution is 5.29. The average Bonchev–Trinajstić information content (AvgIpc) is 2.84. The van der Waals surface area contributed by atoms with Gasteiger partial charge in [-0.15, -0.1) is 10.2 Å². The summed E-state index contributed by atoms with van der Waals surface area (Å²) in [6.07, 6.45) is 2.01. The Balaban J connectivity index is 1.83. The van der Waals surface area contributed by atoms with Crippen molar-refractivity contribution in [3.63, 3.8) is 0 Å². The van der Waals surface area contributed by atoms with E-state index < -0.39 is 6.10 Å². The molecule has 0 saturated heterocycles. The molecule has 0 radical (unpaired) electrons. The third-order valence-electron chi connectivity index (χ3n) is 3.53. The molecule has 100 valence electrons. The first-order valence-electron chi connectivity index (χ1n) is 6.51. The van der Waals surface area contributed by atoms with Gasteiger partial charge in [0.05, 0.1) is 7.11 Å². The zero-order chi connectivity index (χ0) is 13.2. The zero-order valence-electron chi connectivity index (χ0n) is 10.9. The van der Waals surface area contributed by atoms with Gasteiger partial charge in [0, 0.05) is 13.0 Å². The summed E-state index contributed by atoms with van der Waals surface area (Å²) in [5.74, 6) is 2.47. The van der Waals surface area contributed by atoms with E-state index in [1.54, 1.807) is 7.11 Å². The Morgan fingerprint density at radius 3 is 2.84 bits per heavy atom. The highest BCUT2D eigenvalue weighted by Gasteiger charge is 2.23. The lowest BCUT2D eigenvalue weighted by molar-refractivity contribution is 0.133. The molecule has 1 unspecified atom stereocenters. The van der Waals surface area contributed by atoms with Gasteiger partial charge in [-0.05, 0) is 30.5 Å². The minimum Gasteiger partial charge on any atom is -0.497 e. The van der Waals surface area contributed by atoms with E-state index in [0.717, 1.165) is 42.9 Å². The van der Waals surface area contributed by atoms with Crippen LogP contribution in [0.1, 0.15) is 36.2 Å². The SMILES string of the molecule is COc1ccc(Cc2nnc3n2CCCC3O)cc1. The van der Waals surface area contributed by atoms with Crippen molar-refractivity contribution in [2.24, 2.45) is 0 Å². The number of aromatic nitrogens is 3. The molecule has 0 aliphatic carbocycles. The van der Waals surface area contributed by atoms with E-state index >= 15 is 0 Å². The van der Waals surface area contributed by atoms with Crippen LogP contribution < -0.4 is 4.74 Å². The minimum absolute atomic E-state index is 0.467. The normalized spacial score (nSPS) is 18.1. The van der Waals surface area contributed by atoms with Crippen molar-refractivity contribution in [3.05, 3.63) is 41.5 Å². The second kappa shape index (κ2) is 5.01. The van der Waals surface area contributed by atoms with E-state index in [-0.39, 0.29) is 0 Å². The van der Waals surface area contributed by atoms with E-state index in [1.807, 2.05) is 28.8 Å². The van der Waals surface area contributed by atoms with Crippen LogP contribution in [0.4, 0.5) is 0 Å². The monoisotopic (exact) mass is 259 g/mol. The summed E-state index contributed by atoms with van der Waals surface area (Å²) in [6.45, 7) is 0.894. The maximum Gasteiger partial charge on any atom is 0.161 e. The lowest BCUT2D eigenvalue weighted by atomic mass is 10.1. The first-order valence-corrected chi connectivity index (χ1v) is 6.51. The predicted molar refractivity (Wildman–Crippen MR) is 70.0 cm³/mol. The quantitative estimate of drug-likeness (QED) is 0.911. The lowest BCUT2D eigenvalue weighted by Crippen LogP contribution is -2.17. The number of methoxy groups -OCH3 is 1. The van der Waals surface area contributed by atoms with Crippen molar-refractivity contribution in [2.45, 2.75) is 31.9 Å². The average molecular weight is 259 g/mol. The number of benzene rings is 1. The van der Waals surface area contributed by atoms with Gasteiger partial charge in [0.15, 0.2) is 5.82 Å². The number of rotatable bonds is 3. The molecule has 3 rings (SSSR count). The van der Waals surface area contributed by atoms with E-state index in [2.05, 4.69) is 10.2 Å². The first kappa shape index (κ1) is 12.2. The van der Waals surface area contributed by atoms with Crippen LogP contribution >= 0.6 is 0 Å². The third kappa shape index (κ3) is 2.33. The number of aliphatic hydroxyl groups excluding tert-OH is 1. The maximum atomic E-state index is 9.87. The molecule has 5 heteroatoms. The molecule has 0 amide bonds. The standard InChI is InChI=1S/C14H17N3O2/c1-19-11-6-4-10(5-7-11)9-13-15-16-14-12(18)3-2-8-17(13)14/h4-7,12,18H,2-3,8-9H2,1H3. The van der Waals surface area contributed by atoms with Crippen LogP contribution in [0.5, 0.6) is 5.75 Å². The lowest BCUT2D eigenvalue weighted by Gasteiger charge is -2.19. The number of ether oxygens (including phenoxy) is 1. The van der Waals surface area contributed by atoms with Crippen molar-refractivity contribution in [1.29, 1.82) is 0 Å². The summed E-state index contributed by atoms with van der Waals surface area (Å²) in [5.41, 5.74) is 1.16. The van der Waals surface area contributed by atoms with Crippen LogP contribution in [0.3, 0.4) is 0 Å². The summed E-state index contributed by atoms with van der Waals surface area (Å²) < 4.78 is 7.18. The van der Waals surface area contributed by atoms with Gasteiger partial charge < -0.3 is 14.4 Å². The summed E-state index contributed by atoms with van der Waals surface area (Å²) in [7, 11) is 1.66. The number of hydrogen-bond acceptors (Lipinski definition) is 4. The fraction of sp³-hybridized carbons (Fsp3) is 0.429. The van der Waals surface area contributed by atoms with Crippen LogP contribution in [0, 0.1) is 0 Å². The Bertz CT molecular complexity index is 563. The van der Waals surface area contributed by atoms with E-state index in [0.29, 0.717) is 5.82 Å². The largest absolute Gasteiger partial charge is 0.497 e. The molecule has 1 aromatic heterocycles. The van der Waals surface area contributed by atoms with Gasteiger partial charge in [-0.3, -0.25) is 0 Å². The van der Waals surface area contributed by atoms with Crippen molar-refractivity contribution in [3.8, 4) is 5.75 Å². The van der Waals surface area contributed by atoms with Crippen LogP contribution in [0.25, 0.3) is 0 Å². The Labute approximate surface area is 111 Å². The van der Waals surface area contributed by atoms with Crippen molar-refractivity contribution >= 4 is 0 Å².